The molecule has 0 saturated carbocycles. The number of likely N-dealkylation sites (tertiary alicyclic amines) is 1. The van der Waals surface area contributed by atoms with E-state index in [9.17, 15) is 9.59 Å². The van der Waals surface area contributed by atoms with E-state index in [1.165, 1.54) is 7.11 Å². The SMILES string of the molecule is COC(=O)N[C@H](C(=O)N1CC2(CC1C1=NC3CC=C(B4OC(C)(C)C(C)(C)O4)C=C3N1)OCCO2)C(C)C. The first-order chi connectivity index (χ1) is 17.8. The molecule has 5 aliphatic rings. The van der Waals surface area contributed by atoms with E-state index in [0.29, 0.717) is 31.9 Å². The molecule has 208 valence electrons. The summed E-state index contributed by atoms with van der Waals surface area (Å²) in [5.41, 5.74) is 1.05. The number of alkyl carbamates (subject to hydrolysis) is 1. The van der Waals surface area contributed by atoms with Crippen LogP contribution in [-0.4, -0.2) is 91.8 Å². The van der Waals surface area contributed by atoms with Crippen molar-refractivity contribution in [2.45, 2.75) is 89.5 Å². The molecule has 1 aliphatic carbocycles. The number of aliphatic imine (C=N–C) groups is 1. The molecule has 0 aromatic carbocycles. The van der Waals surface area contributed by atoms with Crippen LogP contribution in [0.5, 0.6) is 0 Å². The van der Waals surface area contributed by atoms with Crippen molar-refractivity contribution in [2.24, 2.45) is 10.9 Å². The predicted octanol–water partition coefficient (Wildman–Crippen LogP) is 1.93. The van der Waals surface area contributed by atoms with Crippen molar-refractivity contribution in [1.29, 1.82) is 0 Å². The van der Waals surface area contributed by atoms with Gasteiger partial charge in [-0.15, -0.1) is 0 Å². The summed E-state index contributed by atoms with van der Waals surface area (Å²) in [5, 5.41) is 6.17. The number of allylic oxidation sites excluding steroid dienone is 2. The van der Waals surface area contributed by atoms with Gasteiger partial charge in [0, 0.05) is 12.1 Å². The number of hydrogen-bond acceptors (Lipinski definition) is 9. The molecule has 3 fully saturated rings. The van der Waals surface area contributed by atoms with Crippen molar-refractivity contribution in [1.82, 2.24) is 15.5 Å². The molecule has 1 spiro atoms. The van der Waals surface area contributed by atoms with Gasteiger partial charge in [0.2, 0.25) is 5.91 Å². The average molecular weight is 530 g/mol. The predicted molar refractivity (Wildman–Crippen MR) is 140 cm³/mol. The number of fused-ring (bicyclic) bond motifs is 1. The van der Waals surface area contributed by atoms with Crippen LogP contribution in [0.1, 0.15) is 54.4 Å². The van der Waals surface area contributed by atoms with Crippen molar-refractivity contribution in [3.63, 3.8) is 0 Å². The summed E-state index contributed by atoms with van der Waals surface area (Å²) < 4.78 is 29.2. The Morgan fingerprint density at radius 3 is 2.45 bits per heavy atom. The van der Waals surface area contributed by atoms with Crippen LogP contribution in [0.4, 0.5) is 4.79 Å². The fourth-order valence-electron chi connectivity index (χ4n) is 5.51. The van der Waals surface area contributed by atoms with Crippen LogP contribution in [0.15, 0.2) is 28.3 Å². The van der Waals surface area contributed by atoms with E-state index in [4.69, 9.17) is 28.5 Å². The number of hydrogen-bond donors (Lipinski definition) is 2. The monoisotopic (exact) mass is 530 g/mol. The minimum Gasteiger partial charge on any atom is -0.453 e. The second kappa shape index (κ2) is 9.65. The maximum absolute atomic E-state index is 13.8. The van der Waals surface area contributed by atoms with Gasteiger partial charge in [0.1, 0.15) is 11.9 Å². The van der Waals surface area contributed by atoms with E-state index >= 15 is 0 Å². The third kappa shape index (κ3) is 4.76. The topological polar surface area (TPSA) is 120 Å². The first kappa shape index (κ1) is 27.2. The Bertz CT molecular complexity index is 1060. The molecule has 0 aromatic heterocycles. The zero-order chi connectivity index (χ0) is 27.5. The van der Waals surface area contributed by atoms with Crippen molar-refractivity contribution in [3.8, 4) is 0 Å². The van der Waals surface area contributed by atoms with E-state index < -0.39 is 42.3 Å². The number of nitrogens with zero attached hydrogens (tertiary/aromatic N) is 2. The highest BCUT2D eigenvalue weighted by atomic mass is 16.7. The van der Waals surface area contributed by atoms with Gasteiger partial charge in [-0.05, 0) is 51.6 Å². The molecule has 0 bridgehead atoms. The first-order valence-corrected chi connectivity index (χ1v) is 13.4. The summed E-state index contributed by atoms with van der Waals surface area (Å²) in [7, 11) is 0.826. The number of rotatable bonds is 5. The molecule has 2 N–H and O–H groups in total. The number of nitrogens with one attached hydrogen (secondary N) is 2. The van der Waals surface area contributed by atoms with E-state index in [0.717, 1.165) is 11.2 Å². The molecular weight excluding hydrogens is 491 g/mol. The van der Waals surface area contributed by atoms with Crippen LogP contribution in [-0.2, 0) is 28.3 Å². The lowest BCUT2D eigenvalue weighted by Crippen LogP contribution is -2.55. The van der Waals surface area contributed by atoms with E-state index in [1.54, 1.807) is 4.90 Å². The molecule has 3 saturated heterocycles. The number of amides is 2. The first-order valence-electron chi connectivity index (χ1n) is 13.4. The number of ether oxygens (including phenoxy) is 3. The number of carbonyl (C=O) groups excluding carboxylic acids is 2. The van der Waals surface area contributed by atoms with Crippen molar-refractivity contribution in [2.75, 3.05) is 26.9 Å². The Labute approximate surface area is 224 Å². The van der Waals surface area contributed by atoms with Crippen LogP contribution in [0.3, 0.4) is 0 Å². The maximum Gasteiger partial charge on any atom is 0.494 e. The highest BCUT2D eigenvalue weighted by Gasteiger charge is 2.55. The average Bonchev–Trinajstić information content (AvgIpc) is 3.62. The summed E-state index contributed by atoms with van der Waals surface area (Å²) in [6.07, 6.45) is 4.65. The molecule has 2 unspecified atom stereocenters. The van der Waals surface area contributed by atoms with Gasteiger partial charge in [0.25, 0.3) is 0 Å². The standard InChI is InChI=1S/C26H39BN4O7/c1-15(2)20(30-23(33)34-7)22(32)31-14-26(35-10-11-36-26)13-19(31)21-28-17-9-8-16(12-18(17)29-21)27-37-24(3,4)25(5,6)38-27/h8,12,15,17,19-20H,9-11,13-14H2,1-7H3,(H,28,29)(H,30,33)/t17?,19?,20-/m0/s1. The lowest BCUT2D eigenvalue weighted by atomic mass is 9.74. The molecule has 3 atom stereocenters. The second-order valence-electron chi connectivity index (χ2n) is 11.9. The molecule has 11 nitrogen and oxygen atoms in total. The molecule has 38 heavy (non-hydrogen) atoms. The van der Waals surface area contributed by atoms with Gasteiger partial charge in [-0.2, -0.15) is 0 Å². The third-order valence-electron chi connectivity index (χ3n) is 8.45. The smallest absolute Gasteiger partial charge is 0.453 e. The summed E-state index contributed by atoms with van der Waals surface area (Å²) in [6.45, 7) is 13.1. The zero-order valence-corrected chi connectivity index (χ0v) is 23.3. The minimum absolute atomic E-state index is 0.0795. The van der Waals surface area contributed by atoms with Gasteiger partial charge in [-0.3, -0.25) is 9.79 Å². The Morgan fingerprint density at radius 1 is 1.18 bits per heavy atom. The van der Waals surface area contributed by atoms with Gasteiger partial charge in [-0.25, -0.2) is 4.79 Å². The Balaban J connectivity index is 1.36. The van der Waals surface area contributed by atoms with Crippen LogP contribution in [0.2, 0.25) is 0 Å². The van der Waals surface area contributed by atoms with Gasteiger partial charge < -0.3 is 39.1 Å². The fraction of sp³-hybridized carbons (Fsp3) is 0.731. The zero-order valence-electron chi connectivity index (χ0n) is 23.3. The Morgan fingerprint density at radius 2 is 1.84 bits per heavy atom. The quantitative estimate of drug-likeness (QED) is 0.518. The summed E-state index contributed by atoms with van der Waals surface area (Å²) >= 11 is 0. The summed E-state index contributed by atoms with van der Waals surface area (Å²) in [5.74, 6) is -0.573. The summed E-state index contributed by atoms with van der Waals surface area (Å²) in [4.78, 5) is 32.5. The molecule has 2 amide bonds. The number of methoxy groups -OCH3 is 1. The van der Waals surface area contributed by atoms with Crippen molar-refractivity contribution < 1.29 is 33.1 Å². The highest BCUT2D eigenvalue weighted by Crippen LogP contribution is 2.41. The summed E-state index contributed by atoms with van der Waals surface area (Å²) in [6, 6.07) is -1.24. The molecule has 5 rings (SSSR count). The van der Waals surface area contributed by atoms with Crippen molar-refractivity contribution in [3.05, 3.63) is 23.3 Å². The van der Waals surface area contributed by atoms with E-state index in [2.05, 4.69) is 16.7 Å². The Hall–Kier alpha value is -2.41. The lowest BCUT2D eigenvalue weighted by molar-refractivity contribution is -0.153. The molecule has 0 aromatic rings. The second-order valence-corrected chi connectivity index (χ2v) is 11.9. The van der Waals surface area contributed by atoms with Crippen LogP contribution in [0.25, 0.3) is 0 Å². The fourth-order valence-corrected chi connectivity index (χ4v) is 5.51. The van der Waals surface area contributed by atoms with Crippen LogP contribution < -0.4 is 10.6 Å². The Kier molecular flexibility index (Phi) is 6.90. The molecular formula is C26H39BN4O7. The molecule has 12 heteroatoms. The normalized spacial score (nSPS) is 29.5. The van der Waals surface area contributed by atoms with Gasteiger partial charge in [0.15, 0.2) is 5.79 Å². The van der Waals surface area contributed by atoms with Gasteiger partial charge in [-0.1, -0.05) is 19.9 Å². The highest BCUT2D eigenvalue weighted by molar-refractivity contribution is 6.55. The van der Waals surface area contributed by atoms with Crippen LogP contribution in [0, 0.1) is 5.92 Å². The van der Waals surface area contributed by atoms with Gasteiger partial charge >= 0.3 is 13.2 Å². The van der Waals surface area contributed by atoms with Gasteiger partial charge in [0.05, 0.1) is 50.2 Å². The lowest BCUT2D eigenvalue weighted by Gasteiger charge is -2.32. The number of amidine groups is 1. The molecule has 4 heterocycles. The molecule has 4 aliphatic heterocycles. The largest absolute Gasteiger partial charge is 0.494 e. The molecule has 0 radical (unpaired) electrons. The maximum atomic E-state index is 13.8. The van der Waals surface area contributed by atoms with Crippen molar-refractivity contribution >= 4 is 25.0 Å². The minimum atomic E-state index is -0.883. The van der Waals surface area contributed by atoms with E-state index in [1.807, 2.05) is 47.6 Å². The third-order valence-corrected chi connectivity index (χ3v) is 8.45. The van der Waals surface area contributed by atoms with E-state index in [-0.39, 0.29) is 24.4 Å². The number of carbonyl (C=O) groups is 2. The van der Waals surface area contributed by atoms with Crippen LogP contribution >= 0.6 is 0 Å².